The van der Waals surface area contributed by atoms with E-state index in [0.717, 1.165) is 0 Å². The summed E-state index contributed by atoms with van der Waals surface area (Å²) in [6.07, 6.45) is 2.53. The van der Waals surface area contributed by atoms with Crippen LogP contribution in [0.1, 0.15) is 15.9 Å². The largest absolute Gasteiger partial charge is 0.368 e. The molecule has 0 saturated carbocycles. The standard InChI is InChI=1S/C21H17N9O3/c22-7-8-25-20(31)17-13-28-21(29-19(17)15-3-1-14(11-23)2-4-15)26-10-9-24-18-6-5-16(12-27-18)30(32)33/h1-6,12-13H,8-10H2,(H,24,27)(H,25,31)(H,26,28,29). The minimum atomic E-state index is -0.522. The SMILES string of the molecule is N#CCNC(=O)c1cnc(NCCNc2ccc([N+](=O)[O-])cn2)nc1-c1ccc(C#N)cc1. The lowest BCUT2D eigenvalue weighted by atomic mass is 10.0. The quantitative estimate of drug-likeness (QED) is 0.191. The lowest BCUT2D eigenvalue weighted by molar-refractivity contribution is -0.385. The Labute approximate surface area is 188 Å². The molecule has 0 aliphatic rings. The topological polar surface area (TPSA) is 183 Å². The van der Waals surface area contributed by atoms with Crippen LogP contribution in [0.3, 0.4) is 0 Å². The van der Waals surface area contributed by atoms with Crippen LogP contribution in [0.2, 0.25) is 0 Å². The van der Waals surface area contributed by atoms with Gasteiger partial charge in [-0.3, -0.25) is 14.9 Å². The highest BCUT2D eigenvalue weighted by atomic mass is 16.6. The van der Waals surface area contributed by atoms with E-state index in [9.17, 15) is 14.9 Å². The predicted octanol–water partition coefficient (Wildman–Crippen LogP) is 2.10. The summed E-state index contributed by atoms with van der Waals surface area (Å²) in [5.41, 5.74) is 1.51. The monoisotopic (exact) mass is 443 g/mol. The predicted molar refractivity (Wildman–Crippen MR) is 118 cm³/mol. The number of aromatic nitrogens is 3. The van der Waals surface area contributed by atoms with Crippen molar-refractivity contribution in [2.24, 2.45) is 0 Å². The van der Waals surface area contributed by atoms with Crippen LogP contribution in [0.5, 0.6) is 0 Å². The summed E-state index contributed by atoms with van der Waals surface area (Å²) >= 11 is 0. The summed E-state index contributed by atoms with van der Waals surface area (Å²) in [5.74, 6) is 0.254. The van der Waals surface area contributed by atoms with E-state index in [1.54, 1.807) is 24.3 Å². The third kappa shape index (κ3) is 5.96. The van der Waals surface area contributed by atoms with E-state index in [0.29, 0.717) is 35.7 Å². The molecule has 0 saturated heterocycles. The Balaban J connectivity index is 1.71. The highest BCUT2D eigenvalue weighted by molar-refractivity contribution is 5.99. The van der Waals surface area contributed by atoms with Crippen LogP contribution >= 0.6 is 0 Å². The number of hydrogen-bond donors (Lipinski definition) is 3. The maximum atomic E-state index is 12.4. The van der Waals surface area contributed by atoms with Gasteiger partial charge in [-0.25, -0.2) is 15.0 Å². The van der Waals surface area contributed by atoms with Crippen LogP contribution in [-0.2, 0) is 0 Å². The number of nitrogens with one attached hydrogen (secondary N) is 3. The average Bonchev–Trinajstić information content (AvgIpc) is 2.85. The highest BCUT2D eigenvalue weighted by Crippen LogP contribution is 2.23. The zero-order valence-electron chi connectivity index (χ0n) is 17.1. The molecule has 0 fully saturated rings. The van der Waals surface area contributed by atoms with Crippen molar-refractivity contribution in [1.82, 2.24) is 20.3 Å². The molecular weight excluding hydrogens is 426 g/mol. The molecule has 12 heteroatoms. The van der Waals surface area contributed by atoms with Crippen LogP contribution in [0, 0.1) is 32.8 Å². The van der Waals surface area contributed by atoms with E-state index in [1.165, 1.54) is 24.5 Å². The molecule has 3 N–H and O–H groups in total. The van der Waals surface area contributed by atoms with Gasteiger partial charge in [-0.1, -0.05) is 12.1 Å². The number of hydrogen-bond acceptors (Lipinski definition) is 10. The summed E-state index contributed by atoms with van der Waals surface area (Å²) in [6, 6.07) is 13.3. The number of rotatable bonds is 9. The van der Waals surface area contributed by atoms with Crippen molar-refractivity contribution >= 4 is 23.4 Å². The van der Waals surface area contributed by atoms with E-state index in [4.69, 9.17) is 10.5 Å². The average molecular weight is 443 g/mol. The molecule has 0 spiro atoms. The van der Waals surface area contributed by atoms with Crippen molar-refractivity contribution in [3.63, 3.8) is 0 Å². The fourth-order valence-corrected chi connectivity index (χ4v) is 2.73. The third-order valence-electron chi connectivity index (χ3n) is 4.32. The van der Waals surface area contributed by atoms with E-state index >= 15 is 0 Å². The summed E-state index contributed by atoms with van der Waals surface area (Å²) in [7, 11) is 0. The van der Waals surface area contributed by atoms with Crippen LogP contribution in [0.4, 0.5) is 17.5 Å². The molecule has 0 bridgehead atoms. The smallest absolute Gasteiger partial charge is 0.287 e. The Hall–Kier alpha value is -5.10. The third-order valence-corrected chi connectivity index (χ3v) is 4.32. The highest BCUT2D eigenvalue weighted by Gasteiger charge is 2.16. The molecule has 164 valence electrons. The zero-order valence-corrected chi connectivity index (χ0v) is 17.1. The maximum Gasteiger partial charge on any atom is 0.287 e. The van der Waals surface area contributed by atoms with Gasteiger partial charge in [0.15, 0.2) is 0 Å². The number of benzene rings is 1. The van der Waals surface area contributed by atoms with Crippen molar-refractivity contribution in [2.45, 2.75) is 0 Å². The van der Waals surface area contributed by atoms with Gasteiger partial charge in [0.05, 0.1) is 33.9 Å². The Kier molecular flexibility index (Phi) is 7.38. The number of pyridine rings is 1. The molecule has 1 amide bonds. The number of nitrogens with zero attached hydrogens (tertiary/aromatic N) is 6. The van der Waals surface area contributed by atoms with Crippen LogP contribution < -0.4 is 16.0 Å². The van der Waals surface area contributed by atoms with Crippen molar-refractivity contribution < 1.29 is 9.72 Å². The van der Waals surface area contributed by atoms with E-state index < -0.39 is 10.8 Å². The van der Waals surface area contributed by atoms with Crippen LogP contribution in [-0.4, -0.2) is 45.4 Å². The summed E-state index contributed by atoms with van der Waals surface area (Å²) < 4.78 is 0. The molecule has 2 aromatic heterocycles. The second-order valence-corrected chi connectivity index (χ2v) is 6.50. The molecule has 3 aromatic rings. The molecule has 0 unspecified atom stereocenters. The molecule has 33 heavy (non-hydrogen) atoms. The molecule has 3 rings (SSSR count). The summed E-state index contributed by atoms with van der Waals surface area (Å²) in [4.78, 5) is 35.2. The first kappa shape index (κ1) is 22.6. The number of carbonyl (C=O) groups is 1. The fraction of sp³-hybridized carbons (Fsp3) is 0.143. The van der Waals surface area contributed by atoms with Gasteiger partial charge in [0.2, 0.25) is 5.95 Å². The second-order valence-electron chi connectivity index (χ2n) is 6.50. The molecule has 0 atom stereocenters. The number of carbonyl (C=O) groups excluding carboxylic acids is 1. The van der Waals surface area contributed by atoms with Crippen molar-refractivity contribution in [3.05, 3.63) is 70.0 Å². The molecule has 12 nitrogen and oxygen atoms in total. The first-order chi connectivity index (χ1) is 16.0. The lowest BCUT2D eigenvalue weighted by Crippen LogP contribution is -2.25. The molecule has 0 aliphatic carbocycles. The lowest BCUT2D eigenvalue weighted by Gasteiger charge is -2.12. The fourth-order valence-electron chi connectivity index (χ4n) is 2.73. The Morgan fingerprint density at radius 2 is 1.79 bits per heavy atom. The number of nitriles is 2. The Morgan fingerprint density at radius 3 is 2.42 bits per heavy atom. The van der Waals surface area contributed by atoms with Gasteiger partial charge in [0.25, 0.3) is 11.6 Å². The molecule has 0 radical (unpaired) electrons. The minimum Gasteiger partial charge on any atom is -0.368 e. The van der Waals surface area contributed by atoms with Gasteiger partial charge in [-0.15, -0.1) is 0 Å². The van der Waals surface area contributed by atoms with Crippen molar-refractivity contribution in [2.75, 3.05) is 30.3 Å². The minimum absolute atomic E-state index is 0.0960. The molecule has 0 aliphatic heterocycles. The number of nitro groups is 1. The van der Waals surface area contributed by atoms with Crippen molar-refractivity contribution in [1.29, 1.82) is 10.5 Å². The first-order valence-corrected chi connectivity index (χ1v) is 9.62. The number of amides is 1. The first-order valence-electron chi connectivity index (χ1n) is 9.62. The van der Waals surface area contributed by atoms with Gasteiger partial charge in [-0.05, 0) is 18.2 Å². The van der Waals surface area contributed by atoms with Crippen LogP contribution in [0.25, 0.3) is 11.3 Å². The van der Waals surface area contributed by atoms with E-state index in [2.05, 4.69) is 30.9 Å². The Bertz CT molecular complexity index is 1230. The second kappa shape index (κ2) is 10.8. The summed E-state index contributed by atoms with van der Waals surface area (Å²) in [6.45, 7) is 0.657. The zero-order chi connectivity index (χ0) is 23.6. The normalized spacial score (nSPS) is 9.88. The van der Waals surface area contributed by atoms with Gasteiger partial charge < -0.3 is 16.0 Å². The van der Waals surface area contributed by atoms with Gasteiger partial charge in [0.1, 0.15) is 18.6 Å². The molecule has 2 heterocycles. The van der Waals surface area contributed by atoms with E-state index in [1.807, 2.05) is 12.1 Å². The number of anilines is 2. The van der Waals surface area contributed by atoms with Gasteiger partial charge >= 0.3 is 0 Å². The molecular formula is C21H17N9O3. The van der Waals surface area contributed by atoms with Crippen LogP contribution in [0.15, 0.2) is 48.8 Å². The van der Waals surface area contributed by atoms with Gasteiger partial charge in [0, 0.05) is 30.9 Å². The van der Waals surface area contributed by atoms with Gasteiger partial charge in [-0.2, -0.15) is 10.5 Å². The molecule has 1 aromatic carbocycles. The maximum absolute atomic E-state index is 12.4. The Morgan fingerprint density at radius 1 is 1.03 bits per heavy atom. The van der Waals surface area contributed by atoms with E-state index in [-0.39, 0.29) is 23.7 Å². The summed E-state index contributed by atoms with van der Waals surface area (Å²) in [5, 5.41) is 36.9. The van der Waals surface area contributed by atoms with Crippen molar-refractivity contribution in [3.8, 4) is 23.4 Å².